The standard InChI is InChI=1S/C33H58O10S.K/c1-2-3-4-5-6-7-8-9-10-11-12-13-14-15-16-17-18-19-20-21-22-23-30(35)41-26-33(25-34)27-42-31(36)24-29(44(38,39)40)32(37)43-28-33;/h9-10,29,34H,2-8,11-28H2,1H3,(H,38,39,40);/q;+1/p-1/b10-9-;. The molecule has 0 amide bonds. The molecule has 45 heavy (non-hydrogen) atoms. The van der Waals surface area contributed by atoms with Gasteiger partial charge in [0.25, 0.3) is 0 Å². The Morgan fingerprint density at radius 1 is 0.844 bits per heavy atom. The van der Waals surface area contributed by atoms with Gasteiger partial charge in [0.1, 0.15) is 29.9 Å². The minimum atomic E-state index is -5.14. The molecular weight excluding hydrogens is 628 g/mol. The van der Waals surface area contributed by atoms with Crippen LogP contribution in [0.4, 0.5) is 0 Å². The first-order chi connectivity index (χ1) is 21.1. The van der Waals surface area contributed by atoms with Crippen molar-refractivity contribution in [2.24, 2.45) is 5.41 Å². The molecule has 256 valence electrons. The molecule has 1 rings (SSSR count). The number of aliphatic hydroxyl groups is 1. The van der Waals surface area contributed by atoms with Crippen LogP contribution in [0.3, 0.4) is 0 Å². The summed E-state index contributed by atoms with van der Waals surface area (Å²) < 4.78 is 49.0. The maximum atomic E-state index is 12.2. The zero-order chi connectivity index (χ0) is 32.5. The number of ether oxygens (including phenoxy) is 3. The van der Waals surface area contributed by atoms with Gasteiger partial charge in [-0.15, -0.1) is 0 Å². The molecule has 1 saturated heterocycles. The molecule has 1 aliphatic rings. The van der Waals surface area contributed by atoms with Crippen LogP contribution in [0.25, 0.3) is 0 Å². The van der Waals surface area contributed by atoms with Gasteiger partial charge in [-0.2, -0.15) is 0 Å². The van der Waals surface area contributed by atoms with E-state index in [-0.39, 0.29) is 57.8 Å². The van der Waals surface area contributed by atoms with E-state index >= 15 is 0 Å². The number of allylic oxidation sites excluding steroid dienone is 2. The molecule has 0 aromatic rings. The summed E-state index contributed by atoms with van der Waals surface area (Å²) in [7, 11) is -5.14. The summed E-state index contributed by atoms with van der Waals surface area (Å²) in [5, 5.41) is 7.63. The number of unbranched alkanes of at least 4 members (excludes halogenated alkanes) is 17. The van der Waals surface area contributed by atoms with E-state index in [1.54, 1.807) is 0 Å². The molecule has 0 aromatic carbocycles. The fourth-order valence-electron chi connectivity index (χ4n) is 5.03. The number of cyclic esters (lactones) is 2. The Balaban J connectivity index is 0.0000194. The van der Waals surface area contributed by atoms with Crippen LogP contribution in [0.2, 0.25) is 0 Å². The molecule has 2 unspecified atom stereocenters. The van der Waals surface area contributed by atoms with Crippen molar-refractivity contribution in [2.75, 3.05) is 26.4 Å². The maximum Gasteiger partial charge on any atom is 1.00 e. The average Bonchev–Trinajstić information content (AvgIpc) is 3.05. The number of aliphatic hydroxyl groups excluding tert-OH is 1. The predicted molar refractivity (Wildman–Crippen MR) is 168 cm³/mol. The Hall–Kier alpha value is -0.344. The van der Waals surface area contributed by atoms with Gasteiger partial charge in [0.2, 0.25) is 0 Å². The van der Waals surface area contributed by atoms with Gasteiger partial charge in [-0.3, -0.25) is 14.4 Å². The first-order valence-corrected chi connectivity index (χ1v) is 18.3. The first-order valence-electron chi connectivity index (χ1n) is 16.8. The smallest absolute Gasteiger partial charge is 0.747 e. The molecule has 2 atom stereocenters. The fraction of sp³-hybridized carbons (Fsp3) is 0.848. The summed E-state index contributed by atoms with van der Waals surface area (Å²) in [5.74, 6) is -3.00. The van der Waals surface area contributed by atoms with Crippen molar-refractivity contribution in [3.63, 3.8) is 0 Å². The average molecular weight is 685 g/mol. The van der Waals surface area contributed by atoms with Crippen LogP contribution in [0.15, 0.2) is 12.2 Å². The van der Waals surface area contributed by atoms with Crippen LogP contribution in [0, 0.1) is 5.41 Å². The Morgan fingerprint density at radius 2 is 1.31 bits per heavy atom. The summed E-state index contributed by atoms with van der Waals surface area (Å²) in [6.07, 6.45) is 27.1. The molecule has 1 N–H and O–H groups in total. The van der Waals surface area contributed by atoms with E-state index in [1.165, 1.54) is 96.3 Å². The van der Waals surface area contributed by atoms with Gasteiger partial charge in [0, 0.05) is 6.42 Å². The van der Waals surface area contributed by atoms with Gasteiger partial charge < -0.3 is 23.9 Å². The van der Waals surface area contributed by atoms with Gasteiger partial charge in [-0.05, 0) is 32.1 Å². The Kier molecular flexibility index (Phi) is 27.4. The molecule has 1 fully saturated rings. The molecule has 0 spiro atoms. The third-order valence-corrected chi connectivity index (χ3v) is 9.10. The Morgan fingerprint density at radius 3 is 1.80 bits per heavy atom. The van der Waals surface area contributed by atoms with E-state index in [4.69, 9.17) is 14.2 Å². The van der Waals surface area contributed by atoms with E-state index in [0.29, 0.717) is 6.42 Å². The van der Waals surface area contributed by atoms with Crippen molar-refractivity contribution in [3.8, 4) is 0 Å². The van der Waals surface area contributed by atoms with E-state index < -0.39 is 71.5 Å². The van der Waals surface area contributed by atoms with Crippen LogP contribution < -0.4 is 51.4 Å². The van der Waals surface area contributed by atoms with E-state index in [0.717, 1.165) is 19.3 Å². The van der Waals surface area contributed by atoms with Crippen LogP contribution in [-0.2, 0) is 38.7 Å². The Labute approximate surface area is 314 Å². The van der Waals surface area contributed by atoms with E-state index in [9.17, 15) is 32.5 Å². The first kappa shape index (κ1) is 44.7. The van der Waals surface area contributed by atoms with E-state index in [2.05, 4.69) is 19.1 Å². The van der Waals surface area contributed by atoms with Crippen LogP contribution in [-0.4, -0.2) is 67.7 Å². The molecule has 1 aliphatic heterocycles. The van der Waals surface area contributed by atoms with Gasteiger partial charge in [-0.25, -0.2) is 8.42 Å². The predicted octanol–water partition coefficient (Wildman–Crippen LogP) is 3.29. The largest absolute Gasteiger partial charge is 1.00 e. The van der Waals surface area contributed by atoms with Gasteiger partial charge in [0.05, 0.1) is 18.4 Å². The third-order valence-electron chi connectivity index (χ3n) is 8.04. The Bertz CT molecular complexity index is 940. The number of carbonyl (C=O) groups is 3. The molecule has 0 radical (unpaired) electrons. The number of rotatable bonds is 25. The van der Waals surface area contributed by atoms with Crippen LogP contribution in [0.5, 0.6) is 0 Å². The van der Waals surface area contributed by atoms with Gasteiger partial charge >= 0.3 is 69.3 Å². The second-order valence-electron chi connectivity index (χ2n) is 12.2. The van der Waals surface area contributed by atoms with Crippen molar-refractivity contribution in [1.82, 2.24) is 0 Å². The zero-order valence-corrected chi connectivity index (χ0v) is 31.9. The SMILES string of the molecule is CCCCCCCC/C=C\CCCCCCCCCCCCCC(=O)OCC1(CO)COC(=O)CC(S(=O)(=O)[O-])C(=O)OC1.[K+]. The quantitative estimate of drug-likeness (QED) is 0.0378. The molecule has 12 heteroatoms. The van der Waals surface area contributed by atoms with Crippen molar-refractivity contribution >= 4 is 28.0 Å². The molecule has 1 heterocycles. The normalized spacial score (nSPS) is 19.2. The monoisotopic (exact) mass is 684 g/mol. The molecule has 0 bridgehead atoms. The molecule has 0 saturated carbocycles. The second-order valence-corrected chi connectivity index (χ2v) is 13.8. The molecule has 10 nitrogen and oxygen atoms in total. The molecular formula is C33H57KO10S. The third kappa shape index (κ3) is 22.8. The number of hydrogen-bond donors (Lipinski definition) is 1. The minimum absolute atomic E-state index is 0. The maximum absolute atomic E-state index is 12.2. The fourth-order valence-corrected chi connectivity index (χ4v) is 5.68. The summed E-state index contributed by atoms with van der Waals surface area (Å²) in [5.41, 5.74) is -1.45. The molecule has 0 aromatic heterocycles. The number of hydrogen-bond acceptors (Lipinski definition) is 10. The zero-order valence-electron chi connectivity index (χ0n) is 27.9. The summed E-state index contributed by atoms with van der Waals surface area (Å²) in [6.45, 7) is 0.154. The molecule has 0 aliphatic carbocycles. The minimum Gasteiger partial charge on any atom is -0.747 e. The topological polar surface area (TPSA) is 156 Å². The van der Waals surface area contributed by atoms with E-state index in [1.807, 2.05) is 0 Å². The summed E-state index contributed by atoms with van der Waals surface area (Å²) >= 11 is 0. The summed E-state index contributed by atoms with van der Waals surface area (Å²) in [4.78, 5) is 36.2. The van der Waals surface area contributed by atoms with Gasteiger partial charge in [0.15, 0.2) is 5.25 Å². The van der Waals surface area contributed by atoms with Crippen molar-refractivity contribution in [3.05, 3.63) is 12.2 Å². The second kappa shape index (κ2) is 27.6. The van der Waals surface area contributed by atoms with Crippen molar-refractivity contribution < 1.29 is 98.1 Å². The summed E-state index contributed by atoms with van der Waals surface area (Å²) in [6, 6.07) is 0. The van der Waals surface area contributed by atoms with Crippen LogP contribution in [0.1, 0.15) is 142 Å². The van der Waals surface area contributed by atoms with Crippen LogP contribution >= 0.6 is 0 Å². The number of esters is 3. The van der Waals surface area contributed by atoms with Crippen molar-refractivity contribution in [2.45, 2.75) is 147 Å². The van der Waals surface area contributed by atoms with Gasteiger partial charge in [-0.1, -0.05) is 109 Å². The van der Waals surface area contributed by atoms with Crippen molar-refractivity contribution in [1.29, 1.82) is 0 Å². The number of carbonyl (C=O) groups excluding carboxylic acids is 3.